The van der Waals surface area contributed by atoms with Crippen LogP contribution in [0.25, 0.3) is 0 Å². The van der Waals surface area contributed by atoms with Gasteiger partial charge >= 0.3 is 0 Å². The lowest BCUT2D eigenvalue weighted by atomic mass is 10.0. The summed E-state index contributed by atoms with van der Waals surface area (Å²) >= 11 is 0. The largest absolute Gasteiger partial charge is 0.327 e. The molecule has 88 valence electrons. The van der Waals surface area contributed by atoms with E-state index in [2.05, 4.69) is 22.1 Å². The molecule has 2 aromatic rings. The summed E-state index contributed by atoms with van der Waals surface area (Å²) in [5, 5.41) is 0. The summed E-state index contributed by atoms with van der Waals surface area (Å²) in [5.41, 5.74) is 8.41. The lowest BCUT2D eigenvalue weighted by Gasteiger charge is -2.11. The molecule has 3 nitrogen and oxygen atoms in total. The van der Waals surface area contributed by atoms with Crippen molar-refractivity contribution in [3.63, 3.8) is 0 Å². The lowest BCUT2D eigenvalue weighted by molar-refractivity contribution is 0.651. The number of nitrogens with zero attached hydrogens (tertiary/aromatic N) is 2. The molecular formula is C14H17N3. The predicted octanol–water partition coefficient (Wildman–Crippen LogP) is 1.90. The van der Waals surface area contributed by atoms with Crippen molar-refractivity contribution >= 4 is 0 Å². The molecule has 1 aromatic carbocycles. The fourth-order valence-electron chi connectivity index (χ4n) is 1.88. The third-order valence-electron chi connectivity index (χ3n) is 2.65. The van der Waals surface area contributed by atoms with Crippen molar-refractivity contribution in [2.24, 2.45) is 5.73 Å². The molecule has 0 aliphatic rings. The Labute approximate surface area is 102 Å². The normalized spacial score (nSPS) is 12.4. The van der Waals surface area contributed by atoms with Crippen molar-refractivity contribution in [3.05, 3.63) is 59.7 Å². The van der Waals surface area contributed by atoms with Gasteiger partial charge in [0, 0.05) is 24.4 Å². The van der Waals surface area contributed by atoms with Crippen LogP contribution in [-0.2, 0) is 12.8 Å². The second-order valence-corrected chi connectivity index (χ2v) is 4.25. The molecule has 0 saturated carbocycles. The number of rotatable bonds is 4. The number of nitrogens with two attached hydrogens (primary N) is 1. The first-order chi connectivity index (χ1) is 8.24. The summed E-state index contributed by atoms with van der Waals surface area (Å²) in [4.78, 5) is 8.44. The van der Waals surface area contributed by atoms with Crippen LogP contribution in [0.2, 0.25) is 0 Å². The van der Waals surface area contributed by atoms with E-state index in [-0.39, 0.29) is 6.04 Å². The molecule has 0 bridgehead atoms. The molecular weight excluding hydrogens is 210 g/mol. The molecule has 2 rings (SSSR count). The quantitative estimate of drug-likeness (QED) is 0.868. The number of benzene rings is 1. The Hall–Kier alpha value is -1.74. The van der Waals surface area contributed by atoms with E-state index in [1.165, 1.54) is 5.56 Å². The van der Waals surface area contributed by atoms with Gasteiger partial charge in [-0.3, -0.25) is 0 Å². The number of hydrogen-bond donors (Lipinski definition) is 1. The molecule has 1 unspecified atom stereocenters. The highest BCUT2D eigenvalue weighted by Gasteiger charge is 2.06. The van der Waals surface area contributed by atoms with E-state index >= 15 is 0 Å². The van der Waals surface area contributed by atoms with Gasteiger partial charge in [0.25, 0.3) is 0 Å². The number of aryl methyl sites for hydroxylation is 1. The van der Waals surface area contributed by atoms with Gasteiger partial charge in [-0.05, 0) is 25.0 Å². The fourth-order valence-corrected chi connectivity index (χ4v) is 1.88. The molecule has 1 atom stereocenters. The van der Waals surface area contributed by atoms with Crippen LogP contribution in [0.5, 0.6) is 0 Å². The summed E-state index contributed by atoms with van der Waals surface area (Å²) < 4.78 is 0. The Morgan fingerprint density at radius 3 is 2.59 bits per heavy atom. The first kappa shape index (κ1) is 11.7. The van der Waals surface area contributed by atoms with Crippen LogP contribution in [0.4, 0.5) is 0 Å². The average Bonchev–Trinajstić information content (AvgIpc) is 2.30. The summed E-state index contributed by atoms with van der Waals surface area (Å²) in [6.45, 7) is 1.90. The highest BCUT2D eigenvalue weighted by atomic mass is 14.9. The molecule has 0 aliphatic carbocycles. The Morgan fingerprint density at radius 2 is 1.88 bits per heavy atom. The summed E-state index contributed by atoms with van der Waals surface area (Å²) in [6, 6.07) is 12.3. The second kappa shape index (κ2) is 5.55. The van der Waals surface area contributed by atoms with E-state index < -0.39 is 0 Å². The van der Waals surface area contributed by atoms with E-state index in [1.807, 2.05) is 31.2 Å². The highest BCUT2D eigenvalue weighted by Crippen LogP contribution is 2.06. The van der Waals surface area contributed by atoms with Gasteiger partial charge in [-0.2, -0.15) is 0 Å². The van der Waals surface area contributed by atoms with E-state index in [0.717, 1.165) is 24.4 Å². The van der Waals surface area contributed by atoms with Gasteiger partial charge in [-0.15, -0.1) is 0 Å². The minimum Gasteiger partial charge on any atom is -0.327 e. The maximum Gasteiger partial charge on any atom is 0.125 e. The molecule has 3 heteroatoms. The third kappa shape index (κ3) is 3.64. The van der Waals surface area contributed by atoms with Crippen molar-refractivity contribution < 1.29 is 0 Å². The Kier molecular flexibility index (Phi) is 3.83. The Morgan fingerprint density at radius 1 is 1.12 bits per heavy atom. The maximum atomic E-state index is 6.13. The molecule has 1 aromatic heterocycles. The first-order valence-corrected chi connectivity index (χ1v) is 5.82. The van der Waals surface area contributed by atoms with Crippen LogP contribution in [-0.4, -0.2) is 16.0 Å². The average molecular weight is 227 g/mol. The molecule has 2 N–H and O–H groups in total. The summed E-state index contributed by atoms with van der Waals surface area (Å²) in [6.07, 6.45) is 3.45. The van der Waals surface area contributed by atoms with E-state index in [4.69, 9.17) is 5.73 Å². The van der Waals surface area contributed by atoms with Gasteiger partial charge in [0.15, 0.2) is 0 Å². The molecule has 0 aliphatic heterocycles. The standard InChI is InChI=1S/C14H17N3/c1-11-16-8-7-14(17-11)10-13(15)9-12-5-3-2-4-6-12/h2-8,13H,9-10,15H2,1H3. The zero-order chi connectivity index (χ0) is 12.1. The zero-order valence-corrected chi connectivity index (χ0v) is 10.0. The fraction of sp³-hybridized carbons (Fsp3) is 0.286. The van der Waals surface area contributed by atoms with E-state index in [0.29, 0.717) is 0 Å². The van der Waals surface area contributed by atoms with Crippen molar-refractivity contribution in [2.45, 2.75) is 25.8 Å². The lowest BCUT2D eigenvalue weighted by Crippen LogP contribution is -2.26. The van der Waals surface area contributed by atoms with Gasteiger partial charge in [-0.1, -0.05) is 30.3 Å². The SMILES string of the molecule is Cc1nccc(CC(N)Cc2ccccc2)n1. The summed E-state index contributed by atoms with van der Waals surface area (Å²) in [7, 11) is 0. The topological polar surface area (TPSA) is 51.8 Å². The van der Waals surface area contributed by atoms with Crippen LogP contribution in [0.3, 0.4) is 0 Å². The monoisotopic (exact) mass is 227 g/mol. The van der Waals surface area contributed by atoms with Gasteiger partial charge in [-0.25, -0.2) is 9.97 Å². The first-order valence-electron chi connectivity index (χ1n) is 5.82. The van der Waals surface area contributed by atoms with Gasteiger partial charge in [0.2, 0.25) is 0 Å². The third-order valence-corrected chi connectivity index (χ3v) is 2.65. The molecule has 0 spiro atoms. The zero-order valence-electron chi connectivity index (χ0n) is 10.0. The van der Waals surface area contributed by atoms with Crippen molar-refractivity contribution in [1.29, 1.82) is 0 Å². The van der Waals surface area contributed by atoms with Crippen molar-refractivity contribution in [1.82, 2.24) is 9.97 Å². The van der Waals surface area contributed by atoms with Gasteiger partial charge < -0.3 is 5.73 Å². The van der Waals surface area contributed by atoms with Crippen LogP contribution >= 0.6 is 0 Å². The summed E-state index contributed by atoms with van der Waals surface area (Å²) in [5.74, 6) is 0.800. The molecule has 0 fully saturated rings. The van der Waals surface area contributed by atoms with E-state index in [1.54, 1.807) is 6.20 Å². The molecule has 0 radical (unpaired) electrons. The van der Waals surface area contributed by atoms with Crippen LogP contribution in [0.15, 0.2) is 42.6 Å². The molecule has 0 amide bonds. The molecule has 17 heavy (non-hydrogen) atoms. The highest BCUT2D eigenvalue weighted by molar-refractivity contribution is 5.16. The van der Waals surface area contributed by atoms with E-state index in [9.17, 15) is 0 Å². The van der Waals surface area contributed by atoms with Gasteiger partial charge in [0.05, 0.1) is 0 Å². The number of aromatic nitrogens is 2. The Bertz CT molecular complexity index is 468. The van der Waals surface area contributed by atoms with Crippen molar-refractivity contribution in [3.8, 4) is 0 Å². The van der Waals surface area contributed by atoms with Crippen LogP contribution in [0.1, 0.15) is 17.1 Å². The second-order valence-electron chi connectivity index (χ2n) is 4.25. The van der Waals surface area contributed by atoms with Crippen molar-refractivity contribution in [2.75, 3.05) is 0 Å². The Balaban J connectivity index is 1.96. The molecule has 1 heterocycles. The molecule has 0 saturated heterocycles. The van der Waals surface area contributed by atoms with Gasteiger partial charge in [0.1, 0.15) is 5.82 Å². The van der Waals surface area contributed by atoms with Crippen LogP contribution in [0, 0.1) is 6.92 Å². The number of hydrogen-bond acceptors (Lipinski definition) is 3. The smallest absolute Gasteiger partial charge is 0.125 e. The maximum absolute atomic E-state index is 6.13. The predicted molar refractivity (Wildman–Crippen MR) is 68.6 cm³/mol. The minimum atomic E-state index is 0.103. The van der Waals surface area contributed by atoms with Crippen LogP contribution < -0.4 is 5.73 Å². The minimum absolute atomic E-state index is 0.103.